The molecule has 1 aromatic carbocycles. The van der Waals surface area contributed by atoms with Gasteiger partial charge in [0.25, 0.3) is 0 Å². The molecule has 0 aliphatic carbocycles. The molecular weight excluding hydrogens is 260 g/mol. The van der Waals surface area contributed by atoms with Crippen LogP contribution in [0.25, 0.3) is 16.2 Å². The number of rotatable bonds is 4. The SMILES string of the molecule is COC(=O)/C(=C/C=C/c1cc2ccccc2s1)OC. The van der Waals surface area contributed by atoms with Gasteiger partial charge < -0.3 is 9.47 Å². The Labute approximate surface area is 115 Å². The number of carbonyl (C=O) groups excluding carboxylic acids is 1. The lowest BCUT2D eigenvalue weighted by Crippen LogP contribution is -2.05. The van der Waals surface area contributed by atoms with Crippen LogP contribution in [0.4, 0.5) is 0 Å². The molecule has 2 aromatic rings. The monoisotopic (exact) mass is 274 g/mol. The summed E-state index contributed by atoms with van der Waals surface area (Å²) < 4.78 is 10.8. The number of hydrogen-bond donors (Lipinski definition) is 0. The number of fused-ring (bicyclic) bond motifs is 1. The summed E-state index contributed by atoms with van der Waals surface area (Å²) in [6, 6.07) is 10.3. The van der Waals surface area contributed by atoms with E-state index in [1.165, 1.54) is 24.3 Å². The molecule has 1 heterocycles. The third kappa shape index (κ3) is 3.23. The van der Waals surface area contributed by atoms with E-state index < -0.39 is 5.97 Å². The topological polar surface area (TPSA) is 35.5 Å². The summed E-state index contributed by atoms with van der Waals surface area (Å²) in [5.74, 6) is -0.302. The van der Waals surface area contributed by atoms with E-state index in [0.717, 1.165) is 4.88 Å². The molecule has 0 radical (unpaired) electrons. The minimum atomic E-state index is -0.483. The molecule has 0 saturated heterocycles. The second-order valence-corrected chi connectivity index (χ2v) is 4.89. The van der Waals surface area contributed by atoms with E-state index in [1.807, 2.05) is 18.2 Å². The van der Waals surface area contributed by atoms with Crippen molar-refractivity contribution in [2.45, 2.75) is 0 Å². The molecule has 4 heteroatoms. The van der Waals surface area contributed by atoms with Crippen LogP contribution in [-0.2, 0) is 14.3 Å². The van der Waals surface area contributed by atoms with Gasteiger partial charge in [-0.25, -0.2) is 4.79 Å². The summed E-state index contributed by atoms with van der Waals surface area (Å²) in [5, 5.41) is 1.22. The normalized spacial score (nSPS) is 12.0. The minimum Gasteiger partial charge on any atom is -0.490 e. The Bertz CT molecular complexity index is 605. The first-order valence-electron chi connectivity index (χ1n) is 5.74. The average Bonchev–Trinajstić information content (AvgIpc) is 2.85. The summed E-state index contributed by atoms with van der Waals surface area (Å²) in [4.78, 5) is 12.4. The predicted molar refractivity (Wildman–Crippen MR) is 78.0 cm³/mol. The van der Waals surface area contributed by atoms with Crippen molar-refractivity contribution in [2.24, 2.45) is 0 Å². The number of thiophene rings is 1. The quantitative estimate of drug-likeness (QED) is 0.370. The van der Waals surface area contributed by atoms with Crippen molar-refractivity contribution in [2.75, 3.05) is 14.2 Å². The maximum absolute atomic E-state index is 11.3. The zero-order valence-corrected chi connectivity index (χ0v) is 11.6. The molecule has 0 fully saturated rings. The fourth-order valence-corrected chi connectivity index (χ4v) is 2.61. The van der Waals surface area contributed by atoms with Crippen LogP contribution in [0.1, 0.15) is 4.88 Å². The molecule has 0 bridgehead atoms. The van der Waals surface area contributed by atoms with Gasteiger partial charge in [0.1, 0.15) is 0 Å². The van der Waals surface area contributed by atoms with Crippen LogP contribution >= 0.6 is 11.3 Å². The average molecular weight is 274 g/mol. The first-order valence-corrected chi connectivity index (χ1v) is 6.55. The summed E-state index contributed by atoms with van der Waals surface area (Å²) in [7, 11) is 2.76. The molecule has 2 rings (SSSR count). The van der Waals surface area contributed by atoms with Crippen molar-refractivity contribution in [3.05, 3.63) is 53.1 Å². The number of esters is 1. The van der Waals surface area contributed by atoms with Gasteiger partial charge in [-0.3, -0.25) is 0 Å². The van der Waals surface area contributed by atoms with E-state index in [0.29, 0.717) is 0 Å². The molecule has 0 aliphatic heterocycles. The molecule has 0 saturated carbocycles. The molecule has 0 atom stereocenters. The van der Waals surface area contributed by atoms with Crippen LogP contribution in [-0.4, -0.2) is 20.2 Å². The molecule has 0 aliphatic rings. The second-order valence-electron chi connectivity index (χ2n) is 3.77. The Morgan fingerprint density at radius 2 is 2.00 bits per heavy atom. The highest BCUT2D eigenvalue weighted by molar-refractivity contribution is 7.19. The van der Waals surface area contributed by atoms with Crippen molar-refractivity contribution < 1.29 is 14.3 Å². The van der Waals surface area contributed by atoms with E-state index in [-0.39, 0.29) is 5.76 Å². The number of carbonyl (C=O) groups is 1. The zero-order valence-electron chi connectivity index (χ0n) is 10.8. The summed E-state index contributed by atoms with van der Waals surface area (Å²) >= 11 is 1.70. The van der Waals surface area contributed by atoms with Gasteiger partial charge in [0.05, 0.1) is 14.2 Å². The first-order chi connectivity index (χ1) is 9.24. The van der Waals surface area contributed by atoms with E-state index in [2.05, 4.69) is 22.9 Å². The Kier molecular flexibility index (Phi) is 4.36. The van der Waals surface area contributed by atoms with Crippen LogP contribution < -0.4 is 0 Å². The molecular formula is C15H14O3S. The van der Waals surface area contributed by atoms with Gasteiger partial charge in [0.15, 0.2) is 0 Å². The van der Waals surface area contributed by atoms with Gasteiger partial charge in [-0.2, -0.15) is 0 Å². The Morgan fingerprint density at radius 1 is 1.21 bits per heavy atom. The van der Waals surface area contributed by atoms with Crippen LogP contribution in [0.15, 0.2) is 48.2 Å². The highest BCUT2D eigenvalue weighted by Crippen LogP contribution is 2.26. The largest absolute Gasteiger partial charge is 0.490 e. The lowest BCUT2D eigenvalue weighted by atomic mass is 10.2. The van der Waals surface area contributed by atoms with Gasteiger partial charge >= 0.3 is 5.97 Å². The fourth-order valence-electron chi connectivity index (χ4n) is 1.63. The Hall–Kier alpha value is -2.07. The van der Waals surface area contributed by atoms with Gasteiger partial charge in [-0.05, 0) is 29.7 Å². The minimum absolute atomic E-state index is 0.180. The van der Waals surface area contributed by atoms with Crippen LogP contribution in [0.2, 0.25) is 0 Å². The maximum Gasteiger partial charge on any atom is 0.373 e. The predicted octanol–water partition coefficient (Wildman–Crippen LogP) is 3.62. The van der Waals surface area contributed by atoms with Crippen LogP contribution in [0, 0.1) is 0 Å². The molecule has 3 nitrogen and oxygen atoms in total. The highest BCUT2D eigenvalue weighted by Gasteiger charge is 2.07. The van der Waals surface area contributed by atoms with E-state index in [1.54, 1.807) is 23.5 Å². The Morgan fingerprint density at radius 3 is 2.68 bits per heavy atom. The zero-order chi connectivity index (χ0) is 13.7. The van der Waals surface area contributed by atoms with Crippen molar-refractivity contribution in [3.63, 3.8) is 0 Å². The number of ether oxygens (including phenoxy) is 2. The second kappa shape index (κ2) is 6.20. The number of methoxy groups -OCH3 is 2. The molecule has 19 heavy (non-hydrogen) atoms. The summed E-state index contributed by atoms with van der Waals surface area (Å²) in [5.41, 5.74) is 0. The molecule has 0 amide bonds. The van der Waals surface area contributed by atoms with E-state index in [4.69, 9.17) is 4.74 Å². The van der Waals surface area contributed by atoms with Gasteiger partial charge in [-0.1, -0.05) is 24.3 Å². The van der Waals surface area contributed by atoms with Crippen molar-refractivity contribution in [1.82, 2.24) is 0 Å². The van der Waals surface area contributed by atoms with Crippen LogP contribution in [0.3, 0.4) is 0 Å². The number of hydrogen-bond acceptors (Lipinski definition) is 4. The van der Waals surface area contributed by atoms with Crippen molar-refractivity contribution in [1.29, 1.82) is 0 Å². The van der Waals surface area contributed by atoms with E-state index >= 15 is 0 Å². The first kappa shape index (κ1) is 13.4. The summed E-state index contributed by atoms with van der Waals surface area (Å²) in [6.45, 7) is 0. The highest BCUT2D eigenvalue weighted by atomic mass is 32.1. The van der Waals surface area contributed by atoms with Crippen molar-refractivity contribution in [3.8, 4) is 0 Å². The van der Waals surface area contributed by atoms with Gasteiger partial charge in [0, 0.05) is 9.58 Å². The molecule has 0 unspecified atom stereocenters. The lowest BCUT2D eigenvalue weighted by molar-refractivity contribution is -0.139. The summed E-state index contributed by atoms with van der Waals surface area (Å²) in [6.07, 6.45) is 5.31. The standard InChI is InChI=1S/C15H14O3S/c1-17-13(15(16)18-2)8-5-7-12-10-11-6-3-4-9-14(11)19-12/h3-10H,1-2H3/b7-5+,13-8-. The molecule has 98 valence electrons. The molecule has 0 spiro atoms. The lowest BCUT2D eigenvalue weighted by Gasteiger charge is -2.00. The van der Waals surface area contributed by atoms with Gasteiger partial charge in [0.2, 0.25) is 5.76 Å². The van der Waals surface area contributed by atoms with Crippen molar-refractivity contribution >= 4 is 33.5 Å². The molecule has 1 aromatic heterocycles. The third-order valence-corrected chi connectivity index (χ3v) is 3.64. The van der Waals surface area contributed by atoms with Crippen LogP contribution in [0.5, 0.6) is 0 Å². The molecule has 0 N–H and O–H groups in total. The maximum atomic E-state index is 11.3. The third-order valence-electron chi connectivity index (χ3n) is 2.56. The smallest absolute Gasteiger partial charge is 0.373 e. The fraction of sp³-hybridized carbons (Fsp3) is 0.133. The number of allylic oxidation sites excluding steroid dienone is 2. The number of benzene rings is 1. The van der Waals surface area contributed by atoms with Gasteiger partial charge in [-0.15, -0.1) is 11.3 Å². The van der Waals surface area contributed by atoms with E-state index in [9.17, 15) is 4.79 Å². The Balaban J connectivity index is 2.18.